The van der Waals surface area contributed by atoms with Crippen molar-refractivity contribution >= 4 is 5.91 Å². The number of nitrogens with one attached hydrogen (secondary N) is 1. The van der Waals surface area contributed by atoms with E-state index in [9.17, 15) is 4.79 Å². The zero-order valence-corrected chi connectivity index (χ0v) is 12.1. The van der Waals surface area contributed by atoms with E-state index < -0.39 is 0 Å². The molecule has 3 unspecified atom stereocenters. The summed E-state index contributed by atoms with van der Waals surface area (Å²) in [5.74, 6) is 0.149. The van der Waals surface area contributed by atoms with Gasteiger partial charge >= 0.3 is 0 Å². The third-order valence-electron chi connectivity index (χ3n) is 3.93. The summed E-state index contributed by atoms with van der Waals surface area (Å²) >= 11 is 0. The van der Waals surface area contributed by atoms with Gasteiger partial charge in [0.25, 0.3) is 0 Å². The van der Waals surface area contributed by atoms with Crippen LogP contribution in [0.4, 0.5) is 0 Å². The van der Waals surface area contributed by atoms with E-state index in [-0.39, 0.29) is 18.0 Å². The highest BCUT2D eigenvalue weighted by molar-refractivity contribution is 5.81. The minimum Gasteiger partial charge on any atom is -0.352 e. The van der Waals surface area contributed by atoms with Crippen LogP contribution < -0.4 is 11.1 Å². The number of carbonyl (C=O) groups is 1. The summed E-state index contributed by atoms with van der Waals surface area (Å²) in [4.78, 5) is 14.5. The summed E-state index contributed by atoms with van der Waals surface area (Å²) in [6.07, 6.45) is 5.68. The van der Waals surface area contributed by atoms with E-state index in [1.807, 2.05) is 6.92 Å². The number of hydrogen-bond acceptors (Lipinski definition) is 3. The lowest BCUT2D eigenvalue weighted by Gasteiger charge is -2.38. The second kappa shape index (κ2) is 7.74. The summed E-state index contributed by atoms with van der Waals surface area (Å²) in [6, 6.07) is 0.588. The minimum absolute atomic E-state index is 0.0573. The molecule has 4 heteroatoms. The lowest BCUT2D eigenvalue weighted by molar-refractivity contribution is -0.127. The first-order valence-corrected chi connectivity index (χ1v) is 7.36. The van der Waals surface area contributed by atoms with Crippen molar-refractivity contribution < 1.29 is 4.79 Å². The van der Waals surface area contributed by atoms with Gasteiger partial charge in [0.1, 0.15) is 0 Å². The molecule has 1 heterocycles. The largest absolute Gasteiger partial charge is 0.352 e. The van der Waals surface area contributed by atoms with E-state index in [1.165, 1.54) is 12.8 Å². The third-order valence-corrected chi connectivity index (χ3v) is 3.93. The molecule has 3 atom stereocenters. The molecular weight excluding hydrogens is 226 g/mol. The fourth-order valence-electron chi connectivity index (χ4n) is 2.81. The number of hydrogen-bond donors (Lipinski definition) is 2. The van der Waals surface area contributed by atoms with Crippen LogP contribution in [0, 0.1) is 0 Å². The van der Waals surface area contributed by atoms with Crippen LogP contribution in [-0.2, 0) is 4.79 Å². The highest BCUT2D eigenvalue weighted by Crippen LogP contribution is 2.19. The molecule has 0 aliphatic carbocycles. The van der Waals surface area contributed by atoms with Gasteiger partial charge in [-0.1, -0.05) is 19.8 Å². The first kappa shape index (κ1) is 15.4. The highest BCUT2D eigenvalue weighted by atomic mass is 16.2. The van der Waals surface area contributed by atoms with Gasteiger partial charge in [-0.15, -0.1) is 0 Å². The summed E-state index contributed by atoms with van der Waals surface area (Å²) in [6.45, 7) is 7.87. The van der Waals surface area contributed by atoms with Crippen molar-refractivity contribution in [1.82, 2.24) is 10.2 Å². The van der Waals surface area contributed by atoms with E-state index in [2.05, 4.69) is 24.1 Å². The molecule has 4 nitrogen and oxygen atoms in total. The standard InChI is InChI=1S/C14H29N3O/c1-4-7-11(2)16-14(18)12(3)17-9-6-5-8-13(17)10-15/h11-13H,4-10,15H2,1-3H3,(H,16,18). The van der Waals surface area contributed by atoms with Gasteiger partial charge in [0.15, 0.2) is 0 Å². The zero-order valence-electron chi connectivity index (χ0n) is 12.1. The Labute approximate surface area is 111 Å². The van der Waals surface area contributed by atoms with Gasteiger partial charge in [0, 0.05) is 18.6 Å². The fourth-order valence-corrected chi connectivity index (χ4v) is 2.81. The monoisotopic (exact) mass is 255 g/mol. The zero-order chi connectivity index (χ0) is 13.5. The van der Waals surface area contributed by atoms with Crippen LogP contribution in [0.1, 0.15) is 52.9 Å². The van der Waals surface area contributed by atoms with Crippen LogP contribution in [0.3, 0.4) is 0 Å². The Kier molecular flexibility index (Phi) is 6.65. The molecule has 18 heavy (non-hydrogen) atoms. The highest BCUT2D eigenvalue weighted by Gasteiger charge is 2.29. The molecule has 0 spiro atoms. The fraction of sp³-hybridized carbons (Fsp3) is 0.929. The number of likely N-dealkylation sites (tertiary alicyclic amines) is 1. The maximum Gasteiger partial charge on any atom is 0.237 e. The van der Waals surface area contributed by atoms with E-state index >= 15 is 0 Å². The molecule has 0 aromatic rings. The molecule has 106 valence electrons. The molecule has 0 radical (unpaired) electrons. The topological polar surface area (TPSA) is 58.4 Å². The lowest BCUT2D eigenvalue weighted by atomic mass is 10.00. The van der Waals surface area contributed by atoms with Crippen molar-refractivity contribution in [3.05, 3.63) is 0 Å². The molecule has 1 aliphatic heterocycles. The Morgan fingerprint density at radius 3 is 2.78 bits per heavy atom. The molecular formula is C14H29N3O. The predicted octanol–water partition coefficient (Wildman–Crippen LogP) is 1.49. The van der Waals surface area contributed by atoms with Gasteiger partial charge in [-0.3, -0.25) is 9.69 Å². The molecule has 0 bridgehead atoms. The Hall–Kier alpha value is -0.610. The van der Waals surface area contributed by atoms with Crippen LogP contribution in [0.25, 0.3) is 0 Å². The van der Waals surface area contributed by atoms with E-state index in [0.29, 0.717) is 12.6 Å². The summed E-state index contributed by atoms with van der Waals surface area (Å²) in [7, 11) is 0. The molecule has 1 fully saturated rings. The molecule has 1 amide bonds. The van der Waals surface area contributed by atoms with Gasteiger partial charge in [-0.25, -0.2) is 0 Å². The second-order valence-electron chi connectivity index (χ2n) is 5.50. The molecule has 0 saturated carbocycles. The Bertz CT molecular complexity index is 257. The van der Waals surface area contributed by atoms with Crippen molar-refractivity contribution in [2.75, 3.05) is 13.1 Å². The van der Waals surface area contributed by atoms with Crippen molar-refractivity contribution in [1.29, 1.82) is 0 Å². The van der Waals surface area contributed by atoms with Crippen LogP contribution in [0.5, 0.6) is 0 Å². The van der Waals surface area contributed by atoms with Gasteiger partial charge in [-0.05, 0) is 39.7 Å². The van der Waals surface area contributed by atoms with Crippen LogP contribution >= 0.6 is 0 Å². The normalized spacial score (nSPS) is 24.6. The van der Waals surface area contributed by atoms with Crippen LogP contribution in [0.15, 0.2) is 0 Å². The molecule has 1 saturated heterocycles. The summed E-state index contributed by atoms with van der Waals surface area (Å²) in [5, 5.41) is 3.10. The Morgan fingerprint density at radius 2 is 2.17 bits per heavy atom. The van der Waals surface area contributed by atoms with E-state index in [0.717, 1.165) is 25.8 Å². The number of piperidine rings is 1. The summed E-state index contributed by atoms with van der Waals surface area (Å²) in [5.41, 5.74) is 5.81. The van der Waals surface area contributed by atoms with Gasteiger partial charge in [0.05, 0.1) is 6.04 Å². The first-order chi connectivity index (χ1) is 8.60. The maximum absolute atomic E-state index is 12.2. The van der Waals surface area contributed by atoms with Gasteiger partial charge in [0.2, 0.25) is 5.91 Å². The number of amides is 1. The van der Waals surface area contributed by atoms with Crippen LogP contribution in [0.2, 0.25) is 0 Å². The predicted molar refractivity (Wildman–Crippen MR) is 75.4 cm³/mol. The van der Waals surface area contributed by atoms with Crippen LogP contribution in [-0.4, -0.2) is 42.0 Å². The number of nitrogens with two attached hydrogens (primary N) is 1. The number of nitrogens with zero attached hydrogens (tertiary/aromatic N) is 1. The molecule has 3 N–H and O–H groups in total. The third kappa shape index (κ3) is 4.25. The first-order valence-electron chi connectivity index (χ1n) is 7.36. The SMILES string of the molecule is CCCC(C)NC(=O)C(C)N1CCCCC1CN. The Balaban J connectivity index is 2.50. The van der Waals surface area contributed by atoms with Gasteiger partial charge in [-0.2, -0.15) is 0 Å². The van der Waals surface area contributed by atoms with E-state index in [1.54, 1.807) is 0 Å². The quantitative estimate of drug-likeness (QED) is 0.756. The van der Waals surface area contributed by atoms with Crippen molar-refractivity contribution in [3.8, 4) is 0 Å². The number of rotatable bonds is 6. The van der Waals surface area contributed by atoms with Crippen molar-refractivity contribution in [2.24, 2.45) is 5.73 Å². The Morgan fingerprint density at radius 1 is 1.44 bits per heavy atom. The van der Waals surface area contributed by atoms with Crippen molar-refractivity contribution in [3.63, 3.8) is 0 Å². The summed E-state index contributed by atoms with van der Waals surface area (Å²) < 4.78 is 0. The van der Waals surface area contributed by atoms with Gasteiger partial charge < -0.3 is 11.1 Å². The second-order valence-corrected chi connectivity index (χ2v) is 5.50. The average molecular weight is 255 g/mol. The van der Waals surface area contributed by atoms with E-state index in [4.69, 9.17) is 5.73 Å². The minimum atomic E-state index is -0.0573. The lowest BCUT2D eigenvalue weighted by Crippen LogP contribution is -2.54. The molecule has 1 rings (SSSR count). The smallest absolute Gasteiger partial charge is 0.237 e. The number of carbonyl (C=O) groups excluding carboxylic acids is 1. The molecule has 1 aliphatic rings. The maximum atomic E-state index is 12.2. The van der Waals surface area contributed by atoms with Crippen molar-refractivity contribution in [2.45, 2.75) is 71.0 Å². The molecule has 0 aromatic heterocycles. The molecule has 0 aromatic carbocycles. The average Bonchev–Trinajstić information content (AvgIpc) is 2.38.